The van der Waals surface area contributed by atoms with E-state index in [1.54, 1.807) is 6.20 Å². The summed E-state index contributed by atoms with van der Waals surface area (Å²) in [6.45, 7) is 2.77. The summed E-state index contributed by atoms with van der Waals surface area (Å²) in [5.41, 5.74) is 4.07. The third-order valence-electron chi connectivity index (χ3n) is 3.61. The molecule has 3 aromatic heterocycles. The predicted octanol–water partition coefficient (Wildman–Crippen LogP) is 3.07. The number of aryl methyl sites for hydroxylation is 2. The molecule has 3 heterocycles. The molecule has 0 N–H and O–H groups in total. The number of alkyl halides is 1. The van der Waals surface area contributed by atoms with Crippen molar-refractivity contribution in [2.75, 3.05) is 5.88 Å². The zero-order valence-electron chi connectivity index (χ0n) is 11.8. The second-order valence-electron chi connectivity index (χ2n) is 4.93. The highest BCUT2D eigenvalue weighted by molar-refractivity contribution is 9.10. The molecule has 0 unspecified atom stereocenters. The van der Waals surface area contributed by atoms with E-state index in [4.69, 9.17) is 11.6 Å². The molecule has 0 fully saturated rings. The fraction of sp³-hybridized carbons (Fsp3) is 0.357. The Bertz CT molecular complexity index is 792. The molecule has 5 nitrogen and oxygen atoms in total. The second-order valence-corrected chi connectivity index (χ2v) is 6.22. The van der Waals surface area contributed by atoms with Gasteiger partial charge in [-0.05, 0) is 28.9 Å². The third-order valence-corrected chi connectivity index (χ3v) is 4.24. The van der Waals surface area contributed by atoms with Gasteiger partial charge in [0.2, 0.25) is 0 Å². The molecular weight excluding hydrogens is 354 g/mol. The van der Waals surface area contributed by atoms with Gasteiger partial charge in [0.1, 0.15) is 11.3 Å². The van der Waals surface area contributed by atoms with Gasteiger partial charge in [-0.15, -0.1) is 11.6 Å². The lowest BCUT2D eigenvalue weighted by Crippen LogP contribution is -2.07. The largest absolute Gasteiger partial charge is 0.308 e. The molecule has 0 aliphatic rings. The van der Waals surface area contributed by atoms with E-state index in [0.717, 1.165) is 39.1 Å². The summed E-state index contributed by atoms with van der Waals surface area (Å²) in [5, 5.41) is 4.30. The van der Waals surface area contributed by atoms with Crippen LogP contribution in [0.4, 0.5) is 0 Å². The van der Waals surface area contributed by atoms with Crippen molar-refractivity contribution in [3.63, 3.8) is 0 Å². The Morgan fingerprint density at radius 2 is 2.14 bits per heavy atom. The molecule has 0 aliphatic heterocycles. The van der Waals surface area contributed by atoms with Crippen LogP contribution in [0.2, 0.25) is 0 Å². The van der Waals surface area contributed by atoms with Crippen LogP contribution in [0, 0.1) is 6.92 Å². The summed E-state index contributed by atoms with van der Waals surface area (Å²) < 4.78 is 4.92. The third kappa shape index (κ3) is 2.70. The van der Waals surface area contributed by atoms with Gasteiger partial charge in [-0.2, -0.15) is 5.10 Å². The maximum atomic E-state index is 5.91. The lowest BCUT2D eigenvalue weighted by atomic mass is 10.2. The highest BCUT2D eigenvalue weighted by atomic mass is 79.9. The van der Waals surface area contributed by atoms with Crippen LogP contribution in [0.25, 0.3) is 11.2 Å². The zero-order valence-corrected chi connectivity index (χ0v) is 14.2. The van der Waals surface area contributed by atoms with Crippen molar-refractivity contribution in [3.05, 3.63) is 40.0 Å². The molecule has 0 saturated carbocycles. The lowest BCUT2D eigenvalue weighted by Gasteiger charge is -2.07. The first-order valence-corrected chi connectivity index (χ1v) is 7.97. The highest BCUT2D eigenvalue weighted by Crippen LogP contribution is 2.21. The van der Waals surface area contributed by atoms with Crippen LogP contribution in [0.15, 0.2) is 22.9 Å². The molecule has 0 spiro atoms. The maximum absolute atomic E-state index is 5.91. The number of nitrogens with zero attached hydrogens (tertiary/aromatic N) is 5. The van der Waals surface area contributed by atoms with Crippen molar-refractivity contribution < 1.29 is 0 Å². The van der Waals surface area contributed by atoms with E-state index in [-0.39, 0.29) is 0 Å². The minimum Gasteiger partial charge on any atom is -0.308 e. The fourth-order valence-electron chi connectivity index (χ4n) is 2.34. The first-order valence-electron chi connectivity index (χ1n) is 6.64. The minimum atomic E-state index is 0.538. The summed E-state index contributed by atoms with van der Waals surface area (Å²) in [6.07, 6.45) is 4.40. The second kappa shape index (κ2) is 5.77. The summed E-state index contributed by atoms with van der Waals surface area (Å²) in [5.74, 6) is 1.49. The molecule has 3 rings (SSSR count). The summed E-state index contributed by atoms with van der Waals surface area (Å²) in [4.78, 5) is 9.15. The van der Waals surface area contributed by atoms with E-state index in [9.17, 15) is 0 Å². The number of hydrogen-bond acceptors (Lipinski definition) is 3. The van der Waals surface area contributed by atoms with Crippen LogP contribution < -0.4 is 0 Å². The smallest absolute Gasteiger partial charge is 0.160 e. The Morgan fingerprint density at radius 3 is 2.81 bits per heavy atom. The molecule has 3 aromatic rings. The topological polar surface area (TPSA) is 48.5 Å². The summed E-state index contributed by atoms with van der Waals surface area (Å²) in [7, 11) is 1.94. The van der Waals surface area contributed by atoms with Gasteiger partial charge in [0, 0.05) is 41.3 Å². The van der Waals surface area contributed by atoms with Crippen molar-refractivity contribution in [2.45, 2.75) is 19.9 Å². The SMILES string of the molecule is Cc1c(Cn2c(CCCl)nc3cc(Br)cnc32)cnn1C. The van der Waals surface area contributed by atoms with E-state index in [1.807, 2.05) is 24.0 Å². The first-order chi connectivity index (χ1) is 10.1. The number of pyridine rings is 1. The molecule has 0 atom stereocenters. The number of fused-ring (bicyclic) bond motifs is 1. The molecule has 110 valence electrons. The average Bonchev–Trinajstić information content (AvgIpc) is 2.94. The molecule has 0 radical (unpaired) electrons. The normalized spacial score (nSPS) is 11.4. The number of aromatic nitrogens is 5. The molecule has 21 heavy (non-hydrogen) atoms. The minimum absolute atomic E-state index is 0.538. The Kier molecular flexibility index (Phi) is 3.99. The quantitative estimate of drug-likeness (QED) is 0.665. The Hall–Kier alpha value is -1.40. The van der Waals surface area contributed by atoms with Crippen LogP contribution in [-0.4, -0.2) is 30.2 Å². The maximum Gasteiger partial charge on any atom is 0.160 e. The van der Waals surface area contributed by atoms with Gasteiger partial charge in [0.15, 0.2) is 5.65 Å². The van der Waals surface area contributed by atoms with Crippen LogP contribution in [-0.2, 0) is 20.0 Å². The first kappa shape index (κ1) is 14.5. The lowest BCUT2D eigenvalue weighted by molar-refractivity contribution is 0.722. The van der Waals surface area contributed by atoms with Crippen LogP contribution >= 0.6 is 27.5 Å². The molecule has 0 saturated heterocycles. The summed E-state index contributed by atoms with van der Waals surface area (Å²) in [6, 6.07) is 1.98. The van der Waals surface area contributed by atoms with Gasteiger partial charge in [-0.3, -0.25) is 4.68 Å². The van der Waals surface area contributed by atoms with E-state index in [1.165, 1.54) is 0 Å². The van der Waals surface area contributed by atoms with Crippen molar-refractivity contribution in [2.24, 2.45) is 7.05 Å². The predicted molar refractivity (Wildman–Crippen MR) is 86.7 cm³/mol. The molecule has 0 bridgehead atoms. The molecule has 7 heteroatoms. The Morgan fingerprint density at radius 1 is 1.33 bits per heavy atom. The monoisotopic (exact) mass is 367 g/mol. The number of hydrogen-bond donors (Lipinski definition) is 0. The van der Waals surface area contributed by atoms with Crippen LogP contribution in [0.3, 0.4) is 0 Å². The van der Waals surface area contributed by atoms with Crippen molar-refractivity contribution in [1.29, 1.82) is 0 Å². The number of imidazole rings is 1. The number of rotatable bonds is 4. The van der Waals surface area contributed by atoms with E-state index >= 15 is 0 Å². The van der Waals surface area contributed by atoms with Crippen LogP contribution in [0.1, 0.15) is 17.1 Å². The van der Waals surface area contributed by atoms with Gasteiger partial charge in [-0.1, -0.05) is 0 Å². The van der Waals surface area contributed by atoms with Crippen molar-refractivity contribution >= 4 is 38.7 Å². The van der Waals surface area contributed by atoms with Gasteiger partial charge in [0.05, 0.1) is 12.7 Å². The fourth-order valence-corrected chi connectivity index (χ4v) is 2.83. The number of halogens is 2. The van der Waals surface area contributed by atoms with Crippen molar-refractivity contribution in [1.82, 2.24) is 24.3 Å². The molecule has 0 aromatic carbocycles. The zero-order chi connectivity index (χ0) is 15.0. The van der Waals surface area contributed by atoms with Gasteiger partial charge in [-0.25, -0.2) is 9.97 Å². The average molecular weight is 369 g/mol. The standard InChI is InChI=1S/C14H15BrClN5/c1-9-10(6-18-20(9)2)8-21-13(3-4-16)19-12-5-11(15)7-17-14(12)21/h5-7H,3-4,8H2,1-2H3. The molecule has 0 amide bonds. The summed E-state index contributed by atoms with van der Waals surface area (Å²) >= 11 is 9.34. The van der Waals surface area contributed by atoms with Gasteiger partial charge < -0.3 is 4.57 Å². The highest BCUT2D eigenvalue weighted by Gasteiger charge is 2.14. The molecular formula is C14H15BrClN5. The van der Waals surface area contributed by atoms with E-state index in [0.29, 0.717) is 12.4 Å². The van der Waals surface area contributed by atoms with E-state index < -0.39 is 0 Å². The van der Waals surface area contributed by atoms with Crippen molar-refractivity contribution in [3.8, 4) is 0 Å². The molecule has 0 aliphatic carbocycles. The Labute approximate surface area is 136 Å². The van der Waals surface area contributed by atoms with Gasteiger partial charge in [0.25, 0.3) is 0 Å². The van der Waals surface area contributed by atoms with Crippen LogP contribution in [0.5, 0.6) is 0 Å². The van der Waals surface area contributed by atoms with E-state index in [2.05, 4.69) is 42.5 Å². The Balaban J connectivity index is 2.10. The van der Waals surface area contributed by atoms with Gasteiger partial charge >= 0.3 is 0 Å².